The molecule has 0 aliphatic heterocycles. The number of nitrogens with two attached hydrogens (primary N) is 1. The van der Waals surface area contributed by atoms with Crippen molar-refractivity contribution >= 4 is 24.0 Å². The van der Waals surface area contributed by atoms with Crippen molar-refractivity contribution in [3.05, 3.63) is 29.8 Å². The van der Waals surface area contributed by atoms with Crippen molar-refractivity contribution in [3.8, 4) is 0 Å². The summed E-state index contributed by atoms with van der Waals surface area (Å²) in [4.78, 5) is 11.9. The van der Waals surface area contributed by atoms with E-state index in [0.29, 0.717) is 0 Å². The molecule has 0 heterocycles. The maximum absolute atomic E-state index is 11.9. The molecule has 0 saturated heterocycles. The van der Waals surface area contributed by atoms with Gasteiger partial charge in [-0.2, -0.15) is 0 Å². The fourth-order valence-electron chi connectivity index (χ4n) is 2.01. The van der Waals surface area contributed by atoms with Gasteiger partial charge in [-0.25, -0.2) is 0 Å². The first-order chi connectivity index (χ1) is 7.90. The summed E-state index contributed by atoms with van der Waals surface area (Å²) in [6.45, 7) is 6.19. The molecule has 3 N–H and O–H groups in total. The smallest absolute Gasteiger partial charge is 0.228 e. The normalized spacial score (nSPS) is 21.7. The van der Waals surface area contributed by atoms with Crippen LogP contribution in [-0.2, 0) is 4.79 Å². The summed E-state index contributed by atoms with van der Waals surface area (Å²) in [5.41, 5.74) is 7.88. The highest BCUT2D eigenvalue weighted by molar-refractivity contribution is 5.94. The third-order valence-corrected chi connectivity index (χ3v) is 3.53. The van der Waals surface area contributed by atoms with E-state index in [9.17, 15) is 4.79 Å². The number of carbonyl (C=O) groups is 1. The molecule has 2 atom stereocenters. The van der Waals surface area contributed by atoms with Crippen molar-refractivity contribution in [1.29, 1.82) is 0 Å². The highest BCUT2D eigenvalue weighted by Crippen LogP contribution is 2.51. The Kier molecular flexibility index (Phi) is 4.41. The predicted molar refractivity (Wildman–Crippen MR) is 76.8 cm³/mol. The summed E-state index contributed by atoms with van der Waals surface area (Å²) < 4.78 is 0. The van der Waals surface area contributed by atoms with Crippen molar-refractivity contribution in [2.24, 2.45) is 17.1 Å². The van der Waals surface area contributed by atoms with Crippen molar-refractivity contribution < 1.29 is 4.79 Å². The van der Waals surface area contributed by atoms with Crippen LogP contribution in [0.5, 0.6) is 0 Å². The SMILES string of the molecule is CC(N)c1ccc(NC(=O)C2CC2(C)C)cc1.Cl. The summed E-state index contributed by atoms with van der Waals surface area (Å²) in [5.74, 6) is 0.291. The Hall–Kier alpha value is -1.06. The van der Waals surface area contributed by atoms with E-state index in [2.05, 4.69) is 19.2 Å². The molecular formula is C14H21ClN2O. The van der Waals surface area contributed by atoms with Gasteiger partial charge in [-0.1, -0.05) is 26.0 Å². The largest absolute Gasteiger partial charge is 0.326 e. The van der Waals surface area contributed by atoms with E-state index in [1.165, 1.54) is 0 Å². The molecule has 1 aromatic carbocycles. The van der Waals surface area contributed by atoms with E-state index in [0.717, 1.165) is 17.7 Å². The van der Waals surface area contributed by atoms with Crippen molar-refractivity contribution in [3.63, 3.8) is 0 Å². The lowest BCUT2D eigenvalue weighted by molar-refractivity contribution is -0.117. The van der Waals surface area contributed by atoms with E-state index in [4.69, 9.17) is 5.73 Å². The van der Waals surface area contributed by atoms with Gasteiger partial charge in [-0.3, -0.25) is 4.79 Å². The molecule has 1 aliphatic carbocycles. The molecule has 2 unspecified atom stereocenters. The molecule has 1 aromatic rings. The summed E-state index contributed by atoms with van der Waals surface area (Å²) in [7, 11) is 0. The summed E-state index contributed by atoms with van der Waals surface area (Å²) in [5, 5.41) is 2.95. The molecule has 0 aromatic heterocycles. The second-order valence-corrected chi connectivity index (χ2v) is 5.65. The molecule has 1 saturated carbocycles. The minimum absolute atomic E-state index is 0. The number of anilines is 1. The lowest BCUT2D eigenvalue weighted by Gasteiger charge is -2.09. The number of benzene rings is 1. The van der Waals surface area contributed by atoms with Crippen LogP contribution in [0.1, 0.15) is 38.8 Å². The van der Waals surface area contributed by atoms with Gasteiger partial charge in [-0.15, -0.1) is 12.4 Å². The van der Waals surface area contributed by atoms with Crippen molar-refractivity contribution in [2.45, 2.75) is 33.2 Å². The van der Waals surface area contributed by atoms with E-state index in [1.54, 1.807) is 0 Å². The standard InChI is InChI=1S/C14H20N2O.ClH/c1-9(15)10-4-6-11(7-5-10)16-13(17)12-8-14(12,2)3;/h4-7,9,12H,8,15H2,1-3H3,(H,16,17);1H. The topological polar surface area (TPSA) is 55.1 Å². The Morgan fingerprint density at radius 2 is 1.89 bits per heavy atom. The number of halogens is 1. The molecule has 0 radical (unpaired) electrons. The quantitative estimate of drug-likeness (QED) is 0.885. The van der Waals surface area contributed by atoms with Gasteiger partial charge in [0.15, 0.2) is 0 Å². The van der Waals surface area contributed by atoms with E-state index < -0.39 is 0 Å². The van der Waals surface area contributed by atoms with Crippen LogP contribution in [0.2, 0.25) is 0 Å². The minimum atomic E-state index is 0. The lowest BCUT2D eigenvalue weighted by atomic mass is 10.1. The monoisotopic (exact) mass is 268 g/mol. The third kappa shape index (κ3) is 3.24. The second-order valence-electron chi connectivity index (χ2n) is 5.65. The molecule has 1 amide bonds. The van der Waals surface area contributed by atoms with Gasteiger partial charge in [0, 0.05) is 17.6 Å². The molecule has 4 heteroatoms. The van der Waals surface area contributed by atoms with Gasteiger partial charge >= 0.3 is 0 Å². The van der Waals surface area contributed by atoms with E-state index in [-0.39, 0.29) is 35.7 Å². The van der Waals surface area contributed by atoms with Gasteiger partial charge in [0.05, 0.1) is 0 Å². The van der Waals surface area contributed by atoms with Crippen molar-refractivity contribution in [2.75, 3.05) is 5.32 Å². The van der Waals surface area contributed by atoms with Crippen LogP contribution in [0.15, 0.2) is 24.3 Å². The maximum Gasteiger partial charge on any atom is 0.228 e. The molecule has 100 valence electrons. The van der Waals surface area contributed by atoms with Gasteiger partial charge in [0.2, 0.25) is 5.91 Å². The summed E-state index contributed by atoms with van der Waals surface area (Å²) in [6.07, 6.45) is 0.983. The van der Waals surface area contributed by atoms with Crippen LogP contribution in [0, 0.1) is 11.3 Å². The Morgan fingerprint density at radius 1 is 1.39 bits per heavy atom. The highest BCUT2D eigenvalue weighted by Gasteiger charge is 2.50. The van der Waals surface area contributed by atoms with E-state index >= 15 is 0 Å². The molecule has 3 nitrogen and oxygen atoms in total. The number of amides is 1. The van der Waals surface area contributed by atoms with Crippen LogP contribution in [-0.4, -0.2) is 5.91 Å². The molecular weight excluding hydrogens is 248 g/mol. The van der Waals surface area contributed by atoms with Gasteiger partial charge in [0.25, 0.3) is 0 Å². The molecule has 1 fully saturated rings. The lowest BCUT2D eigenvalue weighted by Crippen LogP contribution is -2.16. The first-order valence-corrected chi connectivity index (χ1v) is 6.06. The Labute approximate surface area is 115 Å². The number of carbonyl (C=O) groups excluding carboxylic acids is 1. The number of hydrogen-bond acceptors (Lipinski definition) is 2. The molecule has 0 bridgehead atoms. The Balaban J connectivity index is 0.00000162. The first-order valence-electron chi connectivity index (χ1n) is 6.06. The predicted octanol–water partition coefficient (Wildman–Crippen LogP) is 3.11. The van der Waals surface area contributed by atoms with Crippen molar-refractivity contribution in [1.82, 2.24) is 0 Å². The average molecular weight is 269 g/mol. The first kappa shape index (κ1) is 15.0. The summed E-state index contributed by atoms with van der Waals surface area (Å²) in [6, 6.07) is 7.76. The van der Waals surface area contributed by atoms with Crippen LogP contribution in [0.4, 0.5) is 5.69 Å². The Bertz CT molecular complexity index is 426. The fourth-order valence-corrected chi connectivity index (χ4v) is 2.01. The molecule has 0 spiro atoms. The number of hydrogen-bond donors (Lipinski definition) is 2. The van der Waals surface area contributed by atoms with Gasteiger partial charge < -0.3 is 11.1 Å². The zero-order valence-electron chi connectivity index (χ0n) is 11.1. The number of nitrogens with one attached hydrogen (secondary N) is 1. The van der Waals surface area contributed by atoms with Crippen LogP contribution in [0.3, 0.4) is 0 Å². The van der Waals surface area contributed by atoms with Crippen LogP contribution >= 0.6 is 12.4 Å². The summed E-state index contributed by atoms with van der Waals surface area (Å²) >= 11 is 0. The fraction of sp³-hybridized carbons (Fsp3) is 0.500. The van der Waals surface area contributed by atoms with Crippen LogP contribution in [0.25, 0.3) is 0 Å². The van der Waals surface area contributed by atoms with E-state index in [1.807, 2.05) is 31.2 Å². The Morgan fingerprint density at radius 3 is 2.28 bits per heavy atom. The second kappa shape index (κ2) is 5.29. The van der Waals surface area contributed by atoms with Gasteiger partial charge in [0.1, 0.15) is 0 Å². The zero-order valence-corrected chi connectivity index (χ0v) is 11.9. The van der Waals surface area contributed by atoms with Crippen LogP contribution < -0.4 is 11.1 Å². The number of rotatable bonds is 3. The van der Waals surface area contributed by atoms with Gasteiger partial charge in [-0.05, 0) is 36.5 Å². The highest BCUT2D eigenvalue weighted by atomic mass is 35.5. The maximum atomic E-state index is 11.9. The minimum Gasteiger partial charge on any atom is -0.326 e. The zero-order chi connectivity index (χ0) is 12.6. The molecule has 1 aliphatic rings. The molecule has 18 heavy (non-hydrogen) atoms. The average Bonchev–Trinajstić information content (AvgIpc) is 2.89. The third-order valence-electron chi connectivity index (χ3n) is 3.53. The molecule has 2 rings (SSSR count).